The molecule has 1 saturated heterocycles. The zero-order valence-corrected chi connectivity index (χ0v) is 17.3. The van der Waals surface area contributed by atoms with Crippen molar-refractivity contribution in [2.45, 2.75) is 58.2 Å². The number of pyridine rings is 1. The molecule has 1 aliphatic carbocycles. The fraction of sp³-hybridized carbons (Fsp3) is 0.458. The van der Waals surface area contributed by atoms with Gasteiger partial charge in [-0.1, -0.05) is 24.3 Å². The molecule has 1 saturated carbocycles. The average molecular weight is 392 g/mol. The summed E-state index contributed by atoms with van der Waals surface area (Å²) in [6.07, 6.45) is 6.75. The van der Waals surface area contributed by atoms with Crippen LogP contribution in [-0.2, 0) is 16.1 Å². The van der Waals surface area contributed by atoms with Crippen LogP contribution in [0.15, 0.2) is 48.8 Å². The number of carbonyl (C=O) groups excluding carboxylic acids is 2. The molecular formula is C24H29N3O2. The van der Waals surface area contributed by atoms with E-state index >= 15 is 0 Å². The summed E-state index contributed by atoms with van der Waals surface area (Å²) in [5.74, 6) is 0.136. The van der Waals surface area contributed by atoms with Gasteiger partial charge in [-0.25, -0.2) is 0 Å². The van der Waals surface area contributed by atoms with Gasteiger partial charge in [-0.05, 0) is 61.9 Å². The number of nitrogens with zero attached hydrogens (tertiary/aromatic N) is 3. The Morgan fingerprint density at radius 2 is 1.86 bits per heavy atom. The van der Waals surface area contributed by atoms with Crippen molar-refractivity contribution in [1.29, 1.82) is 0 Å². The van der Waals surface area contributed by atoms with Gasteiger partial charge in [0.15, 0.2) is 0 Å². The lowest BCUT2D eigenvalue weighted by atomic mass is 9.81. The van der Waals surface area contributed by atoms with Crippen LogP contribution in [0.1, 0.15) is 55.3 Å². The van der Waals surface area contributed by atoms with Gasteiger partial charge in [-0.2, -0.15) is 0 Å². The molecule has 4 rings (SSSR count). The molecule has 5 heteroatoms. The SMILES string of the molecule is CCN1C(=O)CC[C@@H](C(=O)N(Cc2ccncc2)C2CC2)[C@@H]1c1ccccc1C. The molecule has 5 nitrogen and oxygen atoms in total. The molecule has 2 aliphatic rings. The number of aryl methyl sites for hydroxylation is 1. The van der Waals surface area contributed by atoms with Crippen molar-refractivity contribution in [3.63, 3.8) is 0 Å². The lowest BCUT2D eigenvalue weighted by Crippen LogP contribution is -2.49. The number of hydrogen-bond donors (Lipinski definition) is 0. The molecule has 152 valence electrons. The minimum Gasteiger partial charge on any atom is -0.335 e. The van der Waals surface area contributed by atoms with Crippen LogP contribution in [0.2, 0.25) is 0 Å². The molecule has 1 aromatic heterocycles. The van der Waals surface area contributed by atoms with Gasteiger partial charge in [0.05, 0.1) is 12.0 Å². The minimum atomic E-state index is -0.198. The number of aromatic nitrogens is 1. The molecule has 1 aliphatic heterocycles. The van der Waals surface area contributed by atoms with E-state index in [1.165, 1.54) is 0 Å². The van der Waals surface area contributed by atoms with E-state index < -0.39 is 0 Å². The normalized spacial score (nSPS) is 21.9. The van der Waals surface area contributed by atoms with Gasteiger partial charge in [0.25, 0.3) is 0 Å². The van der Waals surface area contributed by atoms with E-state index in [4.69, 9.17) is 0 Å². The molecule has 0 radical (unpaired) electrons. The minimum absolute atomic E-state index is 0.150. The topological polar surface area (TPSA) is 53.5 Å². The highest BCUT2D eigenvalue weighted by Crippen LogP contribution is 2.41. The maximum Gasteiger partial charge on any atom is 0.228 e. The van der Waals surface area contributed by atoms with Gasteiger partial charge in [0.1, 0.15) is 0 Å². The van der Waals surface area contributed by atoms with Crippen molar-refractivity contribution in [2.24, 2.45) is 5.92 Å². The van der Waals surface area contributed by atoms with Crippen molar-refractivity contribution in [1.82, 2.24) is 14.8 Å². The first kappa shape index (κ1) is 19.6. The number of carbonyl (C=O) groups is 2. The predicted octanol–water partition coefficient (Wildman–Crippen LogP) is 3.88. The molecule has 0 spiro atoms. The Bertz CT molecular complexity index is 879. The molecule has 2 fully saturated rings. The molecule has 0 N–H and O–H groups in total. The van der Waals surface area contributed by atoms with Crippen LogP contribution in [0.5, 0.6) is 0 Å². The fourth-order valence-corrected chi connectivity index (χ4v) is 4.56. The first-order valence-electron chi connectivity index (χ1n) is 10.6. The van der Waals surface area contributed by atoms with Crippen LogP contribution >= 0.6 is 0 Å². The third kappa shape index (κ3) is 4.04. The summed E-state index contributed by atoms with van der Waals surface area (Å²) in [5, 5.41) is 0. The maximum atomic E-state index is 13.8. The van der Waals surface area contributed by atoms with E-state index in [2.05, 4.69) is 28.9 Å². The summed E-state index contributed by atoms with van der Waals surface area (Å²) in [6, 6.07) is 12.2. The van der Waals surface area contributed by atoms with Crippen molar-refractivity contribution >= 4 is 11.8 Å². The first-order chi connectivity index (χ1) is 14.1. The zero-order valence-electron chi connectivity index (χ0n) is 17.3. The van der Waals surface area contributed by atoms with Crippen LogP contribution in [0, 0.1) is 12.8 Å². The molecule has 29 heavy (non-hydrogen) atoms. The standard InChI is InChI=1S/C24H29N3O2/c1-3-26-22(28)11-10-21(23(26)20-7-5-4-6-17(20)2)24(29)27(19-8-9-19)16-18-12-14-25-15-13-18/h4-7,12-15,19,21,23H,3,8-11,16H2,1-2H3/t21-,23+/m1/s1. The van der Waals surface area contributed by atoms with Gasteiger partial charge in [-0.15, -0.1) is 0 Å². The highest BCUT2D eigenvalue weighted by Gasteiger charge is 2.44. The van der Waals surface area contributed by atoms with E-state index in [0.29, 0.717) is 32.0 Å². The number of likely N-dealkylation sites (tertiary alicyclic amines) is 1. The highest BCUT2D eigenvalue weighted by atomic mass is 16.2. The molecule has 2 aromatic rings. The van der Waals surface area contributed by atoms with Gasteiger partial charge in [0, 0.05) is 37.9 Å². The Hall–Kier alpha value is -2.69. The van der Waals surface area contributed by atoms with E-state index in [-0.39, 0.29) is 23.8 Å². The van der Waals surface area contributed by atoms with Gasteiger partial charge in [0.2, 0.25) is 11.8 Å². The zero-order chi connectivity index (χ0) is 20.4. The lowest BCUT2D eigenvalue weighted by molar-refractivity contribution is -0.148. The summed E-state index contributed by atoms with van der Waals surface area (Å²) < 4.78 is 0. The second-order valence-corrected chi connectivity index (χ2v) is 8.18. The van der Waals surface area contributed by atoms with Crippen LogP contribution < -0.4 is 0 Å². The van der Waals surface area contributed by atoms with E-state index in [0.717, 1.165) is 29.5 Å². The van der Waals surface area contributed by atoms with Crippen molar-refractivity contribution < 1.29 is 9.59 Å². The summed E-state index contributed by atoms with van der Waals surface area (Å²) >= 11 is 0. The highest BCUT2D eigenvalue weighted by molar-refractivity contribution is 5.85. The van der Waals surface area contributed by atoms with Crippen LogP contribution in [0.25, 0.3) is 0 Å². The van der Waals surface area contributed by atoms with E-state index in [1.807, 2.05) is 36.1 Å². The number of rotatable bonds is 6. The van der Waals surface area contributed by atoms with Crippen LogP contribution in [0.3, 0.4) is 0 Å². The Morgan fingerprint density at radius 3 is 2.52 bits per heavy atom. The number of hydrogen-bond acceptors (Lipinski definition) is 3. The summed E-state index contributed by atoms with van der Waals surface area (Å²) in [4.78, 5) is 34.6. The van der Waals surface area contributed by atoms with Crippen molar-refractivity contribution in [3.05, 3.63) is 65.5 Å². The molecule has 0 bridgehead atoms. The maximum absolute atomic E-state index is 13.8. The average Bonchev–Trinajstić information content (AvgIpc) is 3.58. The Balaban J connectivity index is 1.67. The molecule has 2 heterocycles. The summed E-state index contributed by atoms with van der Waals surface area (Å²) in [6.45, 7) is 5.31. The molecule has 0 unspecified atom stereocenters. The molecular weight excluding hydrogens is 362 g/mol. The monoisotopic (exact) mass is 391 g/mol. The third-order valence-corrected chi connectivity index (χ3v) is 6.24. The summed E-state index contributed by atoms with van der Waals surface area (Å²) in [5.41, 5.74) is 3.34. The molecule has 1 aromatic carbocycles. The Morgan fingerprint density at radius 1 is 1.14 bits per heavy atom. The fourth-order valence-electron chi connectivity index (χ4n) is 4.56. The number of benzene rings is 1. The molecule has 2 amide bonds. The van der Waals surface area contributed by atoms with Gasteiger partial charge in [-0.3, -0.25) is 14.6 Å². The third-order valence-electron chi connectivity index (χ3n) is 6.24. The quantitative estimate of drug-likeness (QED) is 0.751. The van der Waals surface area contributed by atoms with Crippen molar-refractivity contribution in [2.75, 3.05) is 6.54 Å². The largest absolute Gasteiger partial charge is 0.335 e. The second-order valence-electron chi connectivity index (χ2n) is 8.18. The summed E-state index contributed by atoms with van der Waals surface area (Å²) in [7, 11) is 0. The molecule has 2 atom stereocenters. The van der Waals surface area contributed by atoms with Crippen molar-refractivity contribution in [3.8, 4) is 0 Å². The van der Waals surface area contributed by atoms with Crippen LogP contribution in [-0.4, -0.2) is 39.2 Å². The first-order valence-corrected chi connectivity index (χ1v) is 10.6. The number of amides is 2. The van der Waals surface area contributed by atoms with E-state index in [9.17, 15) is 9.59 Å². The van der Waals surface area contributed by atoms with E-state index in [1.54, 1.807) is 12.4 Å². The lowest BCUT2D eigenvalue weighted by Gasteiger charge is -2.42. The Labute approximate surface area is 172 Å². The Kier molecular flexibility index (Phi) is 5.65. The number of piperidine rings is 1. The van der Waals surface area contributed by atoms with Crippen LogP contribution in [0.4, 0.5) is 0 Å². The smallest absolute Gasteiger partial charge is 0.228 e. The second kappa shape index (κ2) is 8.36. The predicted molar refractivity (Wildman–Crippen MR) is 112 cm³/mol. The van der Waals surface area contributed by atoms with Gasteiger partial charge >= 0.3 is 0 Å². The van der Waals surface area contributed by atoms with Gasteiger partial charge < -0.3 is 9.80 Å².